The van der Waals surface area contributed by atoms with Crippen molar-refractivity contribution in [2.45, 2.75) is 0 Å². The fourth-order valence-corrected chi connectivity index (χ4v) is 0.760. The maximum absolute atomic E-state index is 11.0. The zero-order valence-electron chi connectivity index (χ0n) is 6.13. The van der Waals surface area contributed by atoms with Crippen LogP contribution in [0.3, 0.4) is 0 Å². The molecule has 2 amide bonds. The van der Waals surface area contributed by atoms with Gasteiger partial charge in [-0.25, -0.2) is 4.79 Å². The number of amides is 2. The lowest BCUT2D eigenvalue weighted by Gasteiger charge is -2.06. The number of urea groups is 1. The number of hydrogen-bond donors (Lipinski definition) is 3. The molecule has 62 valence electrons. The Morgan fingerprint density at radius 1 is 1.50 bits per heavy atom. The second kappa shape index (κ2) is 3.00. The lowest BCUT2D eigenvalue weighted by molar-refractivity contribution is -0.111. The molecule has 0 atom stereocenters. The van der Waals surface area contributed by atoms with Crippen LogP contribution in [-0.2, 0) is 4.79 Å². The third kappa shape index (κ3) is 1.79. The molecule has 1 aliphatic carbocycles. The molecule has 0 heterocycles. The molecule has 0 saturated carbocycles. The van der Waals surface area contributed by atoms with E-state index >= 15 is 0 Å². The molecule has 12 heavy (non-hydrogen) atoms. The number of carbonyl (C=O) groups excluding carboxylic acids is 2. The molecule has 5 heteroatoms. The summed E-state index contributed by atoms with van der Waals surface area (Å²) in [4.78, 5) is 21.3. The van der Waals surface area contributed by atoms with Crippen molar-refractivity contribution in [3.05, 3.63) is 23.9 Å². The molecule has 0 aromatic rings. The predicted octanol–water partition coefficient (Wildman–Crippen LogP) is -0.303. The summed E-state index contributed by atoms with van der Waals surface area (Å²) < 4.78 is 0. The highest BCUT2D eigenvalue weighted by molar-refractivity contribution is 6.18. The van der Waals surface area contributed by atoms with Crippen molar-refractivity contribution in [1.29, 1.82) is 5.41 Å². The molecule has 0 spiro atoms. The van der Waals surface area contributed by atoms with E-state index in [1.807, 2.05) is 0 Å². The van der Waals surface area contributed by atoms with Crippen LogP contribution in [-0.4, -0.2) is 17.5 Å². The first kappa shape index (κ1) is 8.19. The Kier molecular flexibility index (Phi) is 2.05. The van der Waals surface area contributed by atoms with Crippen molar-refractivity contribution in [3.63, 3.8) is 0 Å². The summed E-state index contributed by atoms with van der Waals surface area (Å²) >= 11 is 0. The van der Waals surface area contributed by atoms with Crippen LogP contribution >= 0.6 is 0 Å². The van der Waals surface area contributed by atoms with Gasteiger partial charge in [-0.1, -0.05) is 0 Å². The van der Waals surface area contributed by atoms with Crippen LogP contribution in [0, 0.1) is 5.41 Å². The molecule has 0 aromatic carbocycles. The van der Waals surface area contributed by atoms with Crippen molar-refractivity contribution in [3.8, 4) is 0 Å². The van der Waals surface area contributed by atoms with Gasteiger partial charge >= 0.3 is 6.03 Å². The maximum Gasteiger partial charge on any atom is 0.316 e. The van der Waals surface area contributed by atoms with Crippen LogP contribution in [0.15, 0.2) is 23.9 Å². The summed E-state index contributed by atoms with van der Waals surface area (Å²) in [6.07, 6.45) is 3.79. The molecule has 0 saturated heterocycles. The largest absolute Gasteiger partial charge is 0.351 e. The molecule has 0 fully saturated rings. The summed E-state index contributed by atoms with van der Waals surface area (Å²) in [6, 6.07) is -0.808. The maximum atomic E-state index is 11.0. The summed E-state index contributed by atoms with van der Waals surface area (Å²) in [6.45, 7) is 0. The highest BCUT2D eigenvalue weighted by Gasteiger charge is 2.12. The van der Waals surface area contributed by atoms with Gasteiger partial charge in [-0.15, -0.1) is 0 Å². The molecule has 0 unspecified atom stereocenters. The molecule has 0 aliphatic heterocycles. The van der Waals surface area contributed by atoms with E-state index in [9.17, 15) is 9.59 Å². The lowest BCUT2D eigenvalue weighted by atomic mass is 10.1. The molecular weight excluding hydrogens is 158 g/mol. The second-order valence-corrected chi connectivity index (χ2v) is 2.20. The topological polar surface area (TPSA) is 96.0 Å². The minimum atomic E-state index is -0.808. The minimum Gasteiger partial charge on any atom is -0.351 e. The van der Waals surface area contributed by atoms with E-state index in [1.54, 1.807) is 0 Å². The number of hydrogen-bond acceptors (Lipinski definition) is 3. The van der Waals surface area contributed by atoms with E-state index in [4.69, 9.17) is 11.1 Å². The number of nitrogens with two attached hydrogens (primary N) is 1. The van der Waals surface area contributed by atoms with Gasteiger partial charge in [0.25, 0.3) is 0 Å². The van der Waals surface area contributed by atoms with Crippen LogP contribution in [0.2, 0.25) is 0 Å². The highest BCUT2D eigenvalue weighted by Crippen LogP contribution is 2.01. The van der Waals surface area contributed by atoms with Crippen molar-refractivity contribution in [2.24, 2.45) is 5.73 Å². The first-order chi connectivity index (χ1) is 5.59. The van der Waals surface area contributed by atoms with Gasteiger partial charge in [0, 0.05) is 0 Å². The standard InChI is InChI=1S/C7H7N3O2/c8-4-1-2-6(11)5(3-4)10-7(9)12/h1-3,8H,(H3,9,10,12). The van der Waals surface area contributed by atoms with Gasteiger partial charge in [0.1, 0.15) is 0 Å². The average molecular weight is 165 g/mol. The lowest BCUT2D eigenvalue weighted by Crippen LogP contribution is -2.32. The van der Waals surface area contributed by atoms with Crippen molar-refractivity contribution in [2.75, 3.05) is 0 Å². The summed E-state index contributed by atoms with van der Waals surface area (Å²) in [5.41, 5.74) is 4.98. The summed E-state index contributed by atoms with van der Waals surface area (Å²) in [5.74, 6) is -0.357. The summed E-state index contributed by atoms with van der Waals surface area (Å²) in [7, 11) is 0. The normalized spacial score (nSPS) is 15.8. The zero-order valence-corrected chi connectivity index (χ0v) is 6.13. The third-order valence-corrected chi connectivity index (χ3v) is 1.24. The SMILES string of the molecule is N=C1C=CC(=O)C(NC(N)=O)=C1. The molecule has 1 rings (SSSR count). The third-order valence-electron chi connectivity index (χ3n) is 1.24. The molecule has 1 aliphatic rings. The Labute approximate surface area is 68.4 Å². The fraction of sp³-hybridized carbons (Fsp3) is 0. The first-order valence-electron chi connectivity index (χ1n) is 3.18. The van der Waals surface area contributed by atoms with Gasteiger partial charge < -0.3 is 16.5 Å². The van der Waals surface area contributed by atoms with Crippen molar-refractivity contribution < 1.29 is 9.59 Å². The number of carbonyl (C=O) groups is 2. The summed E-state index contributed by atoms with van der Waals surface area (Å²) in [5, 5.41) is 9.27. The molecule has 0 radical (unpaired) electrons. The zero-order chi connectivity index (χ0) is 9.14. The molecule has 4 N–H and O–H groups in total. The van der Waals surface area contributed by atoms with Crippen LogP contribution in [0.5, 0.6) is 0 Å². The van der Waals surface area contributed by atoms with Crippen LogP contribution in [0.1, 0.15) is 0 Å². The molecular formula is C7H7N3O2. The van der Waals surface area contributed by atoms with E-state index in [2.05, 4.69) is 5.32 Å². The van der Waals surface area contributed by atoms with Gasteiger partial charge in [0.15, 0.2) is 0 Å². The smallest absolute Gasteiger partial charge is 0.316 e. The van der Waals surface area contributed by atoms with Gasteiger partial charge in [-0.05, 0) is 18.2 Å². The van der Waals surface area contributed by atoms with E-state index in [0.29, 0.717) is 0 Å². The Bertz CT molecular complexity index is 315. The van der Waals surface area contributed by atoms with Crippen LogP contribution < -0.4 is 11.1 Å². The number of primary amides is 1. The van der Waals surface area contributed by atoms with Gasteiger partial charge in [-0.2, -0.15) is 0 Å². The molecule has 0 bridgehead atoms. The van der Waals surface area contributed by atoms with E-state index in [1.165, 1.54) is 18.2 Å². The number of ketones is 1. The van der Waals surface area contributed by atoms with Crippen molar-refractivity contribution >= 4 is 17.5 Å². The van der Waals surface area contributed by atoms with Gasteiger partial charge in [0.2, 0.25) is 5.78 Å². The Balaban J connectivity index is 2.81. The van der Waals surface area contributed by atoms with E-state index < -0.39 is 6.03 Å². The number of rotatable bonds is 1. The Morgan fingerprint density at radius 2 is 2.17 bits per heavy atom. The monoisotopic (exact) mass is 165 g/mol. The number of nitrogens with one attached hydrogen (secondary N) is 2. The second-order valence-electron chi connectivity index (χ2n) is 2.20. The molecule has 0 aromatic heterocycles. The quantitative estimate of drug-likeness (QED) is 0.465. The van der Waals surface area contributed by atoms with Crippen molar-refractivity contribution in [1.82, 2.24) is 5.32 Å². The first-order valence-corrected chi connectivity index (χ1v) is 3.18. The Hall–Kier alpha value is -1.91. The minimum absolute atomic E-state index is 0.0370. The predicted molar refractivity (Wildman–Crippen MR) is 42.7 cm³/mol. The highest BCUT2D eigenvalue weighted by atomic mass is 16.2. The van der Waals surface area contributed by atoms with Gasteiger partial charge in [0.05, 0.1) is 11.4 Å². The van der Waals surface area contributed by atoms with E-state index in [-0.39, 0.29) is 17.2 Å². The van der Waals surface area contributed by atoms with Crippen LogP contribution in [0.25, 0.3) is 0 Å². The fourth-order valence-electron chi connectivity index (χ4n) is 0.760. The van der Waals surface area contributed by atoms with Crippen LogP contribution in [0.4, 0.5) is 4.79 Å². The molecule has 5 nitrogen and oxygen atoms in total. The average Bonchev–Trinajstić information content (AvgIpc) is 1.96. The van der Waals surface area contributed by atoms with Gasteiger partial charge in [-0.3, -0.25) is 4.79 Å². The van der Waals surface area contributed by atoms with E-state index in [0.717, 1.165) is 0 Å². The number of allylic oxidation sites excluding steroid dienone is 3. The Morgan fingerprint density at radius 3 is 2.75 bits per heavy atom.